The first-order valence-corrected chi connectivity index (χ1v) is 16.1. The molecule has 0 radical (unpaired) electrons. The highest BCUT2D eigenvalue weighted by Crippen LogP contribution is 2.34. The van der Waals surface area contributed by atoms with Crippen LogP contribution in [0.5, 0.6) is 11.5 Å². The highest BCUT2D eigenvalue weighted by molar-refractivity contribution is 7.98. The van der Waals surface area contributed by atoms with Gasteiger partial charge in [0.25, 0.3) is 0 Å². The lowest BCUT2D eigenvalue weighted by Gasteiger charge is -2.21. The van der Waals surface area contributed by atoms with E-state index in [0.29, 0.717) is 25.0 Å². The molecule has 0 atom stereocenters. The molecule has 0 bridgehead atoms. The summed E-state index contributed by atoms with van der Waals surface area (Å²) >= 11 is 1.86. The second kappa shape index (κ2) is 17.5. The number of carbonyl (C=O) groups excluding carboxylic acids is 1. The minimum Gasteiger partial charge on any atom is -0.508 e. The third-order valence-electron chi connectivity index (χ3n) is 7.40. The van der Waals surface area contributed by atoms with E-state index in [0.717, 1.165) is 39.3 Å². The molecule has 0 spiro atoms. The molecular weight excluding hydrogens is 504 g/mol. The lowest BCUT2D eigenvalue weighted by atomic mass is 9.85. The van der Waals surface area contributed by atoms with Crippen molar-refractivity contribution in [2.24, 2.45) is 0 Å². The van der Waals surface area contributed by atoms with Gasteiger partial charge in [0.2, 0.25) is 0 Å². The second-order valence-corrected chi connectivity index (χ2v) is 12.9. The van der Waals surface area contributed by atoms with Gasteiger partial charge in [-0.25, -0.2) is 0 Å². The summed E-state index contributed by atoms with van der Waals surface area (Å²) < 4.78 is 4.84. The van der Waals surface area contributed by atoms with Gasteiger partial charge in [-0.2, -0.15) is 11.8 Å². The number of carbonyl (C=O) groups is 1. The van der Waals surface area contributed by atoms with Gasteiger partial charge in [-0.3, -0.25) is 4.79 Å². The predicted octanol–water partition coefficient (Wildman–Crippen LogP) is 9.25. The summed E-state index contributed by atoms with van der Waals surface area (Å²) in [7, 11) is 1.41. The lowest BCUT2D eigenvalue weighted by Crippen LogP contribution is -2.11. The Morgan fingerprint density at radius 2 is 1.46 bits per heavy atom. The molecule has 2 rings (SSSR count). The molecule has 0 heterocycles. The Morgan fingerprint density at radius 1 is 0.846 bits per heavy atom. The molecule has 5 heteroatoms. The van der Waals surface area contributed by atoms with Gasteiger partial charge < -0.3 is 14.9 Å². The fourth-order valence-electron chi connectivity index (χ4n) is 4.84. The molecule has 39 heavy (non-hydrogen) atoms. The number of benzene rings is 2. The molecular formula is C34H52O4S. The van der Waals surface area contributed by atoms with Crippen molar-refractivity contribution in [1.29, 1.82) is 0 Å². The van der Waals surface area contributed by atoms with Gasteiger partial charge >= 0.3 is 5.97 Å². The molecule has 0 aromatic heterocycles. The third-order valence-corrected chi connectivity index (χ3v) is 8.49. The Kier molecular flexibility index (Phi) is 14.9. The maximum Gasteiger partial charge on any atom is 0.305 e. The van der Waals surface area contributed by atoms with E-state index >= 15 is 0 Å². The van der Waals surface area contributed by atoms with Gasteiger partial charge in [0.1, 0.15) is 11.5 Å². The summed E-state index contributed by atoms with van der Waals surface area (Å²) in [6.07, 6.45) is 14.6. The summed E-state index contributed by atoms with van der Waals surface area (Å²) in [6, 6.07) is 9.74. The maximum absolute atomic E-state index is 11.8. The summed E-state index contributed by atoms with van der Waals surface area (Å²) in [4.78, 5) is 11.8. The maximum atomic E-state index is 11.8. The number of aromatic hydroxyl groups is 2. The van der Waals surface area contributed by atoms with Crippen LogP contribution in [0.4, 0.5) is 0 Å². The summed E-state index contributed by atoms with van der Waals surface area (Å²) in [5, 5.41) is 21.8. The predicted molar refractivity (Wildman–Crippen MR) is 166 cm³/mol. The van der Waals surface area contributed by atoms with E-state index in [4.69, 9.17) is 4.74 Å². The van der Waals surface area contributed by atoms with Gasteiger partial charge in [-0.05, 0) is 52.3 Å². The normalized spacial score (nSPS) is 11.6. The molecule has 0 saturated heterocycles. The molecule has 0 aliphatic carbocycles. The number of phenolic OH excluding ortho intramolecular Hbond substituents is 2. The Hall–Kier alpha value is -2.14. The van der Waals surface area contributed by atoms with Crippen molar-refractivity contribution in [2.75, 3.05) is 12.9 Å². The standard InChI is InChI=1S/C34H52O4S/c1-6-7-8-9-10-11-12-13-14-15-20-39-25-29-22-26(16-19-32(36)38-5)21-28(33(29)37)23-27-24-30(34(2,3)4)17-18-31(27)35/h17-18,21-22,24,35,37H,6-16,19-20,23,25H2,1-5H3. The molecule has 0 unspecified atom stereocenters. The van der Waals surface area contributed by atoms with E-state index in [9.17, 15) is 15.0 Å². The van der Waals surface area contributed by atoms with Crippen molar-refractivity contribution in [3.8, 4) is 11.5 Å². The van der Waals surface area contributed by atoms with Crippen molar-refractivity contribution in [1.82, 2.24) is 0 Å². The number of esters is 1. The fourth-order valence-corrected chi connectivity index (χ4v) is 5.83. The van der Waals surface area contributed by atoms with Crippen LogP contribution in [-0.2, 0) is 33.5 Å². The Morgan fingerprint density at radius 3 is 2.08 bits per heavy atom. The average Bonchev–Trinajstić information content (AvgIpc) is 2.90. The van der Waals surface area contributed by atoms with E-state index in [1.165, 1.54) is 71.3 Å². The van der Waals surface area contributed by atoms with Crippen molar-refractivity contribution in [2.45, 2.75) is 122 Å². The van der Waals surface area contributed by atoms with Crippen LogP contribution < -0.4 is 0 Å². The monoisotopic (exact) mass is 556 g/mol. The molecule has 0 aliphatic heterocycles. The first kappa shape index (κ1) is 33.1. The first-order valence-electron chi connectivity index (χ1n) is 15.0. The molecule has 0 amide bonds. The van der Waals surface area contributed by atoms with Gasteiger partial charge in [0.15, 0.2) is 0 Å². The fraction of sp³-hybridized carbons (Fsp3) is 0.618. The van der Waals surface area contributed by atoms with Crippen LogP contribution in [0.3, 0.4) is 0 Å². The molecule has 0 aliphatic rings. The van der Waals surface area contributed by atoms with E-state index < -0.39 is 0 Å². The topological polar surface area (TPSA) is 66.8 Å². The zero-order valence-electron chi connectivity index (χ0n) is 25.1. The van der Waals surface area contributed by atoms with Crippen LogP contribution in [0.15, 0.2) is 30.3 Å². The summed E-state index contributed by atoms with van der Waals surface area (Å²) in [5.74, 6) is 2.10. The van der Waals surface area contributed by atoms with Crippen LogP contribution in [0.25, 0.3) is 0 Å². The van der Waals surface area contributed by atoms with E-state index in [1.807, 2.05) is 36.0 Å². The number of methoxy groups -OCH3 is 1. The largest absolute Gasteiger partial charge is 0.508 e. The Bertz CT molecular complexity index is 1010. The number of ether oxygens (including phenoxy) is 1. The van der Waals surface area contributed by atoms with Gasteiger partial charge in [0.05, 0.1) is 7.11 Å². The van der Waals surface area contributed by atoms with Gasteiger partial charge in [-0.15, -0.1) is 0 Å². The molecule has 2 N–H and O–H groups in total. The number of hydrogen-bond donors (Lipinski definition) is 2. The number of unbranched alkanes of at least 4 members (excludes halogenated alkanes) is 9. The Balaban J connectivity index is 2.00. The minimum absolute atomic E-state index is 0.0384. The average molecular weight is 557 g/mol. The van der Waals surface area contributed by atoms with Crippen molar-refractivity contribution in [3.05, 3.63) is 58.1 Å². The minimum atomic E-state index is -0.239. The van der Waals surface area contributed by atoms with Crippen molar-refractivity contribution < 1.29 is 19.7 Å². The SMILES string of the molecule is CCCCCCCCCCCCSCc1cc(CCC(=O)OC)cc(Cc2cc(C(C)(C)C)ccc2O)c1O. The van der Waals surface area contributed by atoms with Crippen LogP contribution in [0.2, 0.25) is 0 Å². The van der Waals surface area contributed by atoms with E-state index in [-0.39, 0.29) is 17.1 Å². The quantitative estimate of drug-likeness (QED) is 0.141. The molecule has 2 aromatic carbocycles. The highest BCUT2D eigenvalue weighted by Gasteiger charge is 2.18. The van der Waals surface area contributed by atoms with E-state index in [2.05, 4.69) is 27.7 Å². The van der Waals surface area contributed by atoms with Crippen LogP contribution in [0.1, 0.15) is 126 Å². The third kappa shape index (κ3) is 12.3. The summed E-state index contributed by atoms with van der Waals surface area (Å²) in [6.45, 7) is 8.72. The van der Waals surface area contributed by atoms with Crippen LogP contribution in [0, 0.1) is 0 Å². The number of aryl methyl sites for hydroxylation is 1. The van der Waals surface area contributed by atoms with Crippen molar-refractivity contribution >= 4 is 17.7 Å². The zero-order chi connectivity index (χ0) is 28.7. The van der Waals surface area contributed by atoms with Gasteiger partial charge in [-0.1, -0.05) is 110 Å². The lowest BCUT2D eigenvalue weighted by molar-refractivity contribution is -0.140. The number of hydrogen-bond acceptors (Lipinski definition) is 5. The zero-order valence-corrected chi connectivity index (χ0v) is 25.9. The molecule has 218 valence electrons. The molecule has 2 aromatic rings. The highest BCUT2D eigenvalue weighted by atomic mass is 32.2. The molecule has 0 saturated carbocycles. The van der Waals surface area contributed by atoms with Gasteiger partial charge in [0, 0.05) is 24.2 Å². The van der Waals surface area contributed by atoms with Crippen LogP contribution >= 0.6 is 11.8 Å². The first-order chi connectivity index (χ1) is 18.7. The van der Waals surface area contributed by atoms with E-state index in [1.54, 1.807) is 6.07 Å². The number of phenols is 2. The second-order valence-electron chi connectivity index (χ2n) is 11.8. The smallest absolute Gasteiger partial charge is 0.305 e. The Labute approximate surface area is 242 Å². The molecule has 4 nitrogen and oxygen atoms in total. The summed E-state index contributed by atoms with van der Waals surface area (Å²) in [5.41, 5.74) is 4.60. The van der Waals surface area contributed by atoms with Crippen molar-refractivity contribution in [3.63, 3.8) is 0 Å². The molecule has 0 fully saturated rings. The van der Waals surface area contributed by atoms with Crippen LogP contribution in [-0.4, -0.2) is 29.0 Å². The number of thioether (sulfide) groups is 1. The number of rotatable bonds is 18.